The smallest absolute Gasteiger partial charge is 0.320 e. The number of hydrogen-bond donors (Lipinski definition) is 1. The number of benzene rings is 1. The molecule has 132 valence electrons. The molecule has 2 amide bonds. The number of rotatable bonds is 2. The molecule has 6 nitrogen and oxygen atoms in total. The molecule has 0 aromatic heterocycles. The zero-order chi connectivity index (χ0) is 17.1. The molecule has 0 radical (unpaired) electrons. The van der Waals surface area contributed by atoms with E-state index in [9.17, 15) is 9.90 Å². The Morgan fingerprint density at radius 1 is 1.00 bits per heavy atom. The van der Waals surface area contributed by atoms with Gasteiger partial charge in [0.05, 0.1) is 23.3 Å². The third kappa shape index (κ3) is 4.06. The van der Waals surface area contributed by atoms with Crippen LogP contribution >= 0.6 is 23.2 Å². The summed E-state index contributed by atoms with van der Waals surface area (Å²) in [6.45, 7) is 6.02. The second-order valence-electron chi connectivity index (χ2n) is 6.04. The molecular formula is C16H21Cl2N3O3. The fourth-order valence-electron chi connectivity index (χ4n) is 3.00. The fourth-order valence-corrected chi connectivity index (χ4v) is 3.34. The van der Waals surface area contributed by atoms with Gasteiger partial charge in [0, 0.05) is 57.4 Å². The molecule has 0 unspecified atom stereocenters. The minimum absolute atomic E-state index is 0.0929. The fraction of sp³-hybridized carbons (Fsp3) is 0.562. The maximum atomic E-state index is 12.5. The third-order valence-corrected chi connectivity index (χ3v) is 5.16. The van der Waals surface area contributed by atoms with Crippen molar-refractivity contribution in [2.24, 2.45) is 0 Å². The molecule has 2 fully saturated rings. The van der Waals surface area contributed by atoms with Crippen molar-refractivity contribution >= 4 is 29.2 Å². The van der Waals surface area contributed by atoms with E-state index in [0.29, 0.717) is 56.0 Å². The van der Waals surface area contributed by atoms with E-state index in [0.717, 1.165) is 18.7 Å². The van der Waals surface area contributed by atoms with Gasteiger partial charge in [0.2, 0.25) is 0 Å². The Morgan fingerprint density at radius 2 is 1.58 bits per heavy atom. The lowest BCUT2D eigenvalue weighted by molar-refractivity contribution is 0.0372. The van der Waals surface area contributed by atoms with Crippen molar-refractivity contribution in [1.29, 1.82) is 0 Å². The molecule has 0 bridgehead atoms. The zero-order valence-electron chi connectivity index (χ0n) is 13.4. The van der Waals surface area contributed by atoms with Crippen molar-refractivity contribution in [3.05, 3.63) is 27.7 Å². The Kier molecular flexibility index (Phi) is 5.71. The van der Waals surface area contributed by atoms with Crippen LogP contribution in [0.15, 0.2) is 12.1 Å². The van der Waals surface area contributed by atoms with Crippen LogP contribution in [-0.4, -0.2) is 78.3 Å². The van der Waals surface area contributed by atoms with Gasteiger partial charge < -0.3 is 19.6 Å². The minimum Gasteiger partial charge on any atom is -0.508 e. The lowest BCUT2D eigenvalue weighted by Gasteiger charge is -2.38. The van der Waals surface area contributed by atoms with E-state index < -0.39 is 0 Å². The first-order chi connectivity index (χ1) is 11.5. The van der Waals surface area contributed by atoms with Gasteiger partial charge in [-0.1, -0.05) is 23.2 Å². The molecule has 1 N–H and O–H groups in total. The number of carbonyl (C=O) groups is 1. The number of ether oxygens (including phenoxy) is 1. The molecule has 0 saturated carbocycles. The van der Waals surface area contributed by atoms with Gasteiger partial charge in [0.15, 0.2) is 0 Å². The Balaban J connectivity index is 1.53. The number of aromatic hydroxyl groups is 1. The summed E-state index contributed by atoms with van der Waals surface area (Å²) in [5, 5.41) is 10.8. The first kappa shape index (κ1) is 17.6. The molecule has 0 spiro atoms. The highest BCUT2D eigenvalue weighted by atomic mass is 35.5. The molecule has 0 atom stereocenters. The molecule has 0 aliphatic carbocycles. The van der Waals surface area contributed by atoms with Gasteiger partial charge in [-0.05, 0) is 6.07 Å². The van der Waals surface area contributed by atoms with E-state index in [1.165, 1.54) is 6.07 Å². The summed E-state index contributed by atoms with van der Waals surface area (Å²) in [5.41, 5.74) is 0.748. The zero-order valence-corrected chi connectivity index (χ0v) is 14.9. The van der Waals surface area contributed by atoms with E-state index >= 15 is 0 Å². The van der Waals surface area contributed by atoms with E-state index in [-0.39, 0.29) is 11.8 Å². The van der Waals surface area contributed by atoms with E-state index in [4.69, 9.17) is 27.9 Å². The first-order valence-electron chi connectivity index (χ1n) is 8.05. The van der Waals surface area contributed by atoms with Crippen molar-refractivity contribution in [3.8, 4) is 5.75 Å². The maximum Gasteiger partial charge on any atom is 0.320 e. The quantitative estimate of drug-likeness (QED) is 0.863. The number of piperazine rings is 1. The van der Waals surface area contributed by atoms with Crippen molar-refractivity contribution in [2.75, 3.05) is 52.5 Å². The average molecular weight is 374 g/mol. The summed E-state index contributed by atoms with van der Waals surface area (Å²) in [7, 11) is 0. The van der Waals surface area contributed by atoms with Crippen molar-refractivity contribution in [3.63, 3.8) is 0 Å². The number of hydrogen-bond acceptors (Lipinski definition) is 4. The normalized spacial score (nSPS) is 19.6. The number of phenols is 1. The summed E-state index contributed by atoms with van der Waals surface area (Å²) in [6.07, 6.45) is 0. The molecule has 24 heavy (non-hydrogen) atoms. The second kappa shape index (κ2) is 7.78. The number of nitrogens with zero attached hydrogens (tertiary/aromatic N) is 3. The molecule has 2 aliphatic rings. The summed E-state index contributed by atoms with van der Waals surface area (Å²) in [6, 6.07) is 3.26. The molecule has 1 aromatic rings. The molecule has 3 rings (SSSR count). The van der Waals surface area contributed by atoms with Crippen LogP contribution in [0.2, 0.25) is 10.0 Å². The van der Waals surface area contributed by atoms with Gasteiger partial charge in [0.25, 0.3) is 0 Å². The lowest BCUT2D eigenvalue weighted by Crippen LogP contribution is -2.54. The Bertz CT molecular complexity index is 600. The lowest BCUT2D eigenvalue weighted by atomic mass is 10.1. The van der Waals surface area contributed by atoms with Gasteiger partial charge in [-0.3, -0.25) is 4.90 Å². The van der Waals surface area contributed by atoms with Crippen LogP contribution in [0.5, 0.6) is 5.75 Å². The topological polar surface area (TPSA) is 56.2 Å². The Labute approximate surface area is 151 Å². The summed E-state index contributed by atoms with van der Waals surface area (Å²) >= 11 is 11.9. The van der Waals surface area contributed by atoms with Crippen LogP contribution in [0.1, 0.15) is 5.56 Å². The number of halogens is 2. The van der Waals surface area contributed by atoms with Crippen LogP contribution in [0, 0.1) is 0 Å². The predicted octanol–water partition coefficient (Wildman–Crippen LogP) is 2.27. The monoisotopic (exact) mass is 373 g/mol. The summed E-state index contributed by atoms with van der Waals surface area (Å²) in [5.74, 6) is 0.149. The largest absolute Gasteiger partial charge is 0.508 e. The molecule has 1 aromatic carbocycles. The Morgan fingerprint density at radius 3 is 2.25 bits per heavy atom. The Hall–Kier alpha value is -1.21. The highest BCUT2D eigenvalue weighted by Gasteiger charge is 2.26. The van der Waals surface area contributed by atoms with Crippen molar-refractivity contribution < 1.29 is 14.6 Å². The van der Waals surface area contributed by atoms with Crippen LogP contribution in [-0.2, 0) is 11.3 Å². The van der Waals surface area contributed by atoms with Crippen LogP contribution in [0.3, 0.4) is 0 Å². The maximum absolute atomic E-state index is 12.5. The number of phenolic OH excluding ortho intramolecular Hbond substituents is 1. The van der Waals surface area contributed by atoms with Crippen LogP contribution < -0.4 is 0 Å². The molecule has 2 saturated heterocycles. The summed E-state index contributed by atoms with van der Waals surface area (Å²) in [4.78, 5) is 18.4. The van der Waals surface area contributed by atoms with Crippen LogP contribution in [0.4, 0.5) is 4.79 Å². The molecule has 2 heterocycles. The molecule has 2 aliphatic heterocycles. The third-order valence-electron chi connectivity index (χ3n) is 4.44. The number of carbonyl (C=O) groups excluding carboxylic acids is 1. The average Bonchev–Trinajstić information content (AvgIpc) is 2.60. The van der Waals surface area contributed by atoms with Gasteiger partial charge in [0.1, 0.15) is 5.75 Å². The van der Waals surface area contributed by atoms with Crippen LogP contribution in [0.25, 0.3) is 0 Å². The van der Waals surface area contributed by atoms with Gasteiger partial charge in [-0.25, -0.2) is 4.79 Å². The van der Waals surface area contributed by atoms with E-state index in [1.807, 2.05) is 9.80 Å². The highest BCUT2D eigenvalue weighted by molar-refractivity contribution is 6.42. The standard InChI is InChI=1S/C16H21Cl2N3O3/c17-13-9-12(15(22)10-14(13)18)11-19-1-3-20(4-2-19)16(23)21-5-7-24-8-6-21/h9-10,22H,1-8,11H2. The molecule has 8 heteroatoms. The number of urea groups is 1. The summed E-state index contributed by atoms with van der Waals surface area (Å²) < 4.78 is 5.29. The highest BCUT2D eigenvalue weighted by Crippen LogP contribution is 2.30. The number of amides is 2. The van der Waals surface area contributed by atoms with E-state index in [2.05, 4.69) is 4.90 Å². The molecular weight excluding hydrogens is 353 g/mol. The van der Waals surface area contributed by atoms with E-state index in [1.54, 1.807) is 6.07 Å². The minimum atomic E-state index is 0.0929. The number of morpholine rings is 1. The second-order valence-corrected chi connectivity index (χ2v) is 6.85. The van der Waals surface area contributed by atoms with Gasteiger partial charge in [-0.2, -0.15) is 0 Å². The van der Waals surface area contributed by atoms with Crippen molar-refractivity contribution in [1.82, 2.24) is 14.7 Å². The van der Waals surface area contributed by atoms with Crippen molar-refractivity contribution in [2.45, 2.75) is 6.54 Å². The predicted molar refractivity (Wildman–Crippen MR) is 92.8 cm³/mol. The SMILES string of the molecule is O=C(N1CCOCC1)N1CCN(Cc2cc(Cl)c(Cl)cc2O)CC1. The van der Waals surface area contributed by atoms with Gasteiger partial charge >= 0.3 is 6.03 Å². The van der Waals surface area contributed by atoms with Gasteiger partial charge in [-0.15, -0.1) is 0 Å². The first-order valence-corrected chi connectivity index (χ1v) is 8.81.